The maximum Gasteiger partial charge on any atom is 0.407 e. The Labute approximate surface area is 233 Å². The Hall–Kier alpha value is -4.05. The smallest absolute Gasteiger partial charge is 0.407 e. The first-order chi connectivity index (χ1) is 19.1. The van der Waals surface area contributed by atoms with Gasteiger partial charge in [0, 0.05) is 60.6 Å². The molecule has 1 spiro atoms. The predicted molar refractivity (Wildman–Crippen MR) is 148 cm³/mol. The van der Waals surface area contributed by atoms with E-state index in [1.54, 1.807) is 32.9 Å². The Kier molecular flexibility index (Phi) is 7.22. The van der Waals surface area contributed by atoms with Gasteiger partial charge in [0.15, 0.2) is 5.60 Å². The lowest BCUT2D eigenvalue weighted by Crippen LogP contribution is -2.40. The molecule has 1 aromatic rings. The van der Waals surface area contributed by atoms with E-state index in [0.29, 0.717) is 35.3 Å². The van der Waals surface area contributed by atoms with Gasteiger partial charge in [-0.15, -0.1) is 0 Å². The van der Waals surface area contributed by atoms with Crippen LogP contribution in [0, 0.1) is 0 Å². The van der Waals surface area contributed by atoms with Crippen molar-refractivity contribution in [3.63, 3.8) is 0 Å². The number of allylic oxidation sites excluding steroid dienone is 2. The van der Waals surface area contributed by atoms with Crippen molar-refractivity contribution in [3.8, 4) is 0 Å². The molecule has 0 saturated carbocycles. The molecule has 2 amide bonds. The molecule has 10 heteroatoms. The average molecular weight is 549 g/mol. The number of benzene rings is 1. The van der Waals surface area contributed by atoms with Gasteiger partial charge in [-0.3, -0.25) is 4.79 Å². The molecular formula is C30H36N4O6. The Balaban J connectivity index is 1.41. The standard InChI is InChI=1S/C30H36N4O6/c1-29(2,3)40-28(37)34-13-12-33-26(35)17-6-9-21-20(14-17)27(36)39-30(21)22-10-7-18(31-4)15-24(22)38-25-16-19(32-5)8-11-23(25)30/h6-7,9-10,14,16,18,31-32H,8,11-13,15H2,1-5H3,(H,33,35)(H,34,37). The van der Waals surface area contributed by atoms with Gasteiger partial charge >= 0.3 is 12.1 Å². The van der Waals surface area contributed by atoms with Crippen LogP contribution in [0.25, 0.3) is 0 Å². The number of rotatable bonds is 6. The first-order valence-electron chi connectivity index (χ1n) is 13.6. The van der Waals surface area contributed by atoms with Crippen molar-refractivity contribution in [2.75, 3.05) is 27.2 Å². The number of likely N-dealkylation sites (N-methyl/N-ethyl adjacent to an activating group) is 1. The zero-order valence-corrected chi connectivity index (χ0v) is 23.5. The van der Waals surface area contributed by atoms with Crippen molar-refractivity contribution in [2.24, 2.45) is 0 Å². The first-order valence-corrected chi connectivity index (χ1v) is 13.6. The van der Waals surface area contributed by atoms with Crippen LogP contribution in [0.4, 0.5) is 4.79 Å². The molecule has 0 bridgehead atoms. The molecule has 212 valence electrons. The summed E-state index contributed by atoms with van der Waals surface area (Å²) >= 11 is 0. The van der Waals surface area contributed by atoms with Crippen molar-refractivity contribution in [1.82, 2.24) is 21.3 Å². The highest BCUT2D eigenvalue weighted by molar-refractivity contribution is 6.01. The Bertz CT molecular complexity index is 1380. The van der Waals surface area contributed by atoms with Crippen LogP contribution in [-0.4, -0.2) is 56.8 Å². The molecule has 5 rings (SSSR count). The van der Waals surface area contributed by atoms with Gasteiger partial charge in [-0.25, -0.2) is 9.59 Å². The number of nitrogens with one attached hydrogen (secondary N) is 4. The van der Waals surface area contributed by atoms with Gasteiger partial charge in [-0.1, -0.05) is 18.2 Å². The zero-order valence-electron chi connectivity index (χ0n) is 23.5. The third-order valence-corrected chi connectivity index (χ3v) is 7.38. The van der Waals surface area contributed by atoms with Crippen molar-refractivity contribution >= 4 is 18.0 Å². The number of ether oxygens (including phenoxy) is 3. The van der Waals surface area contributed by atoms with Gasteiger partial charge in [-0.2, -0.15) is 0 Å². The summed E-state index contributed by atoms with van der Waals surface area (Å²) in [4.78, 5) is 38.1. The Morgan fingerprint density at radius 3 is 2.62 bits per heavy atom. The van der Waals surface area contributed by atoms with Crippen LogP contribution in [0.15, 0.2) is 64.8 Å². The quantitative estimate of drug-likeness (QED) is 0.315. The normalized spacial score (nSPS) is 23.0. The van der Waals surface area contributed by atoms with Crippen LogP contribution in [-0.2, 0) is 19.8 Å². The fraction of sp³-hybridized carbons (Fsp3) is 0.433. The molecule has 0 aromatic heterocycles. The number of carbonyl (C=O) groups excluding carboxylic acids is 3. The lowest BCUT2D eigenvalue weighted by Gasteiger charge is -2.42. The summed E-state index contributed by atoms with van der Waals surface area (Å²) in [5, 5.41) is 11.9. The predicted octanol–water partition coefficient (Wildman–Crippen LogP) is 3.29. The number of hydrogen-bond donors (Lipinski definition) is 4. The number of amides is 2. The van der Waals surface area contributed by atoms with Gasteiger partial charge in [0.2, 0.25) is 0 Å². The van der Waals surface area contributed by atoms with Crippen LogP contribution in [0.2, 0.25) is 0 Å². The summed E-state index contributed by atoms with van der Waals surface area (Å²) < 4.78 is 17.9. The van der Waals surface area contributed by atoms with Crippen LogP contribution in [0.5, 0.6) is 0 Å². The first kappa shape index (κ1) is 27.5. The summed E-state index contributed by atoms with van der Waals surface area (Å²) in [5.74, 6) is 0.612. The van der Waals surface area contributed by atoms with Gasteiger partial charge in [0.1, 0.15) is 17.1 Å². The highest BCUT2D eigenvalue weighted by Crippen LogP contribution is 2.56. The SMILES string of the molecule is CNC1=CC2=C(CC1)C1(OC(=O)c3cc(C(=O)NCCNC(=O)OC(C)(C)C)ccc31)C1=C(CC(NC)C=C1)O2. The van der Waals surface area contributed by atoms with Gasteiger partial charge in [0.05, 0.1) is 5.56 Å². The van der Waals surface area contributed by atoms with E-state index in [9.17, 15) is 14.4 Å². The minimum atomic E-state index is -1.10. The van der Waals surface area contributed by atoms with Gasteiger partial charge < -0.3 is 35.5 Å². The van der Waals surface area contributed by atoms with E-state index < -0.39 is 23.3 Å². The summed E-state index contributed by atoms with van der Waals surface area (Å²) in [6.07, 6.45) is 7.51. The molecule has 0 radical (unpaired) electrons. The molecule has 2 unspecified atom stereocenters. The minimum absolute atomic E-state index is 0.0988. The number of esters is 1. The van der Waals surface area contributed by atoms with Crippen LogP contribution in [0.3, 0.4) is 0 Å². The number of alkyl carbamates (subject to hydrolysis) is 1. The molecule has 2 aliphatic carbocycles. The molecule has 40 heavy (non-hydrogen) atoms. The lowest BCUT2D eigenvalue weighted by atomic mass is 9.72. The molecule has 2 aliphatic heterocycles. The third kappa shape index (κ3) is 4.99. The number of hydrogen-bond acceptors (Lipinski definition) is 8. The molecule has 0 saturated heterocycles. The minimum Gasteiger partial charge on any atom is -0.461 e. The Morgan fingerprint density at radius 1 is 1.12 bits per heavy atom. The fourth-order valence-corrected chi connectivity index (χ4v) is 5.52. The largest absolute Gasteiger partial charge is 0.461 e. The Morgan fingerprint density at radius 2 is 1.90 bits per heavy atom. The second-order valence-electron chi connectivity index (χ2n) is 11.2. The van der Waals surface area contributed by atoms with E-state index >= 15 is 0 Å². The molecule has 2 heterocycles. The highest BCUT2D eigenvalue weighted by Gasteiger charge is 2.55. The van der Waals surface area contributed by atoms with Crippen molar-refractivity contribution in [1.29, 1.82) is 0 Å². The van der Waals surface area contributed by atoms with Crippen LogP contribution < -0.4 is 21.3 Å². The summed E-state index contributed by atoms with van der Waals surface area (Å²) in [6.45, 7) is 5.74. The summed E-state index contributed by atoms with van der Waals surface area (Å²) in [7, 11) is 3.78. The molecule has 4 N–H and O–H groups in total. The zero-order chi connectivity index (χ0) is 28.7. The fourth-order valence-electron chi connectivity index (χ4n) is 5.52. The summed E-state index contributed by atoms with van der Waals surface area (Å²) in [6, 6.07) is 5.20. The van der Waals surface area contributed by atoms with E-state index in [-0.39, 0.29) is 25.0 Å². The molecule has 1 aromatic carbocycles. The molecular weight excluding hydrogens is 512 g/mol. The van der Waals surface area contributed by atoms with Gasteiger partial charge in [-0.05, 0) is 58.9 Å². The molecule has 0 fully saturated rings. The summed E-state index contributed by atoms with van der Waals surface area (Å²) in [5.41, 5.74) is 2.44. The van der Waals surface area contributed by atoms with E-state index in [1.807, 2.05) is 32.3 Å². The number of carbonyl (C=O) groups is 3. The van der Waals surface area contributed by atoms with Crippen LogP contribution >= 0.6 is 0 Å². The second kappa shape index (κ2) is 10.5. The van der Waals surface area contributed by atoms with Crippen molar-refractivity contribution in [2.45, 2.75) is 57.3 Å². The topological polar surface area (TPSA) is 127 Å². The van der Waals surface area contributed by atoms with Crippen molar-refractivity contribution < 1.29 is 28.6 Å². The number of fused-ring (bicyclic) bond motifs is 4. The van der Waals surface area contributed by atoms with Gasteiger partial charge in [0.25, 0.3) is 5.91 Å². The monoisotopic (exact) mass is 548 g/mol. The molecule has 10 nitrogen and oxygen atoms in total. The average Bonchev–Trinajstić information content (AvgIpc) is 3.21. The molecule has 4 aliphatic rings. The molecule has 2 atom stereocenters. The maximum absolute atomic E-state index is 13.4. The van der Waals surface area contributed by atoms with Crippen molar-refractivity contribution in [3.05, 3.63) is 81.5 Å². The van der Waals surface area contributed by atoms with E-state index in [0.717, 1.165) is 29.0 Å². The maximum atomic E-state index is 13.4. The van der Waals surface area contributed by atoms with E-state index in [1.165, 1.54) is 0 Å². The van der Waals surface area contributed by atoms with E-state index in [4.69, 9.17) is 14.2 Å². The third-order valence-electron chi connectivity index (χ3n) is 7.38. The second-order valence-corrected chi connectivity index (χ2v) is 11.2. The van der Waals surface area contributed by atoms with E-state index in [2.05, 4.69) is 27.3 Å². The van der Waals surface area contributed by atoms with Crippen LogP contribution in [0.1, 0.15) is 66.3 Å². The highest BCUT2D eigenvalue weighted by atomic mass is 16.6. The lowest BCUT2D eigenvalue weighted by molar-refractivity contribution is 0.0157.